The molecule has 1 heterocycles. The number of carbonyl (C=O) groups is 2. The molecule has 0 bridgehead atoms. The minimum Gasteiger partial charge on any atom is -0.486 e. The van der Waals surface area contributed by atoms with E-state index in [2.05, 4.69) is 4.74 Å². The monoisotopic (exact) mass is 581 g/mol. The van der Waals surface area contributed by atoms with Crippen LogP contribution in [0.2, 0.25) is 0 Å². The van der Waals surface area contributed by atoms with Gasteiger partial charge in [0.15, 0.2) is 0 Å². The first kappa shape index (κ1) is 28.3. The van der Waals surface area contributed by atoms with Crippen LogP contribution in [0.5, 0.6) is 5.75 Å². The Hall–Kier alpha value is -3.28. The Bertz CT molecular complexity index is 1450. The van der Waals surface area contributed by atoms with Crippen LogP contribution >= 0.6 is 0 Å². The van der Waals surface area contributed by atoms with Gasteiger partial charge in [-0.15, -0.1) is 0 Å². The number of carboxylic acids is 1. The topological polar surface area (TPSA) is 110 Å². The molecule has 3 aliphatic rings. The first-order valence-electron chi connectivity index (χ1n) is 13.1. The van der Waals surface area contributed by atoms with E-state index in [9.17, 15) is 36.3 Å². The van der Waals surface area contributed by atoms with Crippen LogP contribution in [-0.2, 0) is 30.8 Å². The van der Waals surface area contributed by atoms with Gasteiger partial charge in [0.1, 0.15) is 11.9 Å². The second-order valence-corrected chi connectivity index (χ2v) is 13.2. The lowest BCUT2D eigenvalue weighted by Gasteiger charge is -2.36. The van der Waals surface area contributed by atoms with Gasteiger partial charge in [-0.25, -0.2) is 8.42 Å². The van der Waals surface area contributed by atoms with Crippen LogP contribution in [0.4, 0.5) is 18.9 Å². The lowest BCUT2D eigenvalue weighted by molar-refractivity contribution is -0.257. The van der Waals surface area contributed by atoms with Crippen molar-refractivity contribution in [2.75, 3.05) is 10.8 Å². The maximum absolute atomic E-state index is 14.0. The lowest BCUT2D eigenvalue weighted by Crippen LogP contribution is -2.45. The van der Waals surface area contributed by atoms with Crippen molar-refractivity contribution < 1.29 is 45.8 Å². The van der Waals surface area contributed by atoms with Gasteiger partial charge < -0.3 is 14.6 Å². The number of nitrogens with zero attached hydrogens (tertiary/aromatic N) is 1. The number of ether oxygens (including phenoxy) is 2. The number of carbonyl (C=O) groups excluding carboxylic acids is 1. The Morgan fingerprint density at radius 2 is 1.82 bits per heavy atom. The van der Waals surface area contributed by atoms with Crippen LogP contribution in [0, 0.1) is 5.41 Å². The Labute approximate surface area is 230 Å². The molecule has 2 aromatic rings. The number of hydrogen-bond acceptors (Lipinski definition) is 6. The number of alkyl halides is 3. The lowest BCUT2D eigenvalue weighted by atomic mass is 9.97. The van der Waals surface area contributed by atoms with Crippen LogP contribution in [0.3, 0.4) is 0 Å². The summed E-state index contributed by atoms with van der Waals surface area (Å²) in [6, 6.07) is 11.0. The third-order valence-electron chi connectivity index (χ3n) is 7.78. The van der Waals surface area contributed by atoms with Gasteiger partial charge in [-0.3, -0.25) is 13.9 Å². The molecule has 5 rings (SSSR count). The largest absolute Gasteiger partial charge is 0.486 e. The van der Waals surface area contributed by atoms with Crippen molar-refractivity contribution in [3.8, 4) is 5.75 Å². The van der Waals surface area contributed by atoms with Crippen LogP contribution in [0.25, 0.3) is 0 Å². The first-order chi connectivity index (χ1) is 18.6. The van der Waals surface area contributed by atoms with Gasteiger partial charge in [-0.2, -0.15) is 13.2 Å². The van der Waals surface area contributed by atoms with E-state index in [1.807, 2.05) is 6.07 Å². The molecule has 1 N–H and O–H groups in total. The summed E-state index contributed by atoms with van der Waals surface area (Å²) in [6.45, 7) is 1.34. The number of sulfonamides is 1. The van der Waals surface area contributed by atoms with E-state index >= 15 is 0 Å². The second-order valence-electron chi connectivity index (χ2n) is 11.4. The Balaban J connectivity index is 1.47. The molecule has 2 aliphatic carbocycles. The van der Waals surface area contributed by atoms with E-state index in [-0.39, 0.29) is 34.9 Å². The minimum atomic E-state index is -4.77. The predicted molar refractivity (Wildman–Crippen MR) is 138 cm³/mol. The summed E-state index contributed by atoms with van der Waals surface area (Å²) in [5.41, 5.74) is -2.39. The fraction of sp³-hybridized carbons (Fsp3) is 0.500. The molecule has 12 heteroatoms. The molecule has 2 aromatic carbocycles. The van der Waals surface area contributed by atoms with Crippen molar-refractivity contribution in [3.05, 3.63) is 53.6 Å². The molecule has 0 saturated heterocycles. The zero-order valence-electron chi connectivity index (χ0n) is 22.0. The van der Waals surface area contributed by atoms with Crippen molar-refractivity contribution in [2.24, 2.45) is 5.41 Å². The van der Waals surface area contributed by atoms with Gasteiger partial charge in [-0.05, 0) is 80.8 Å². The molecule has 0 radical (unpaired) electrons. The highest BCUT2D eigenvalue weighted by Crippen LogP contribution is 2.51. The van der Waals surface area contributed by atoms with Gasteiger partial charge in [0.05, 0.1) is 29.0 Å². The highest BCUT2D eigenvalue weighted by Gasteiger charge is 2.53. The van der Waals surface area contributed by atoms with Gasteiger partial charge in [0, 0.05) is 6.42 Å². The van der Waals surface area contributed by atoms with Crippen molar-refractivity contribution in [1.82, 2.24) is 0 Å². The number of aliphatic carboxylic acids is 1. The molecule has 0 amide bonds. The summed E-state index contributed by atoms with van der Waals surface area (Å²) >= 11 is 0. The number of esters is 1. The third kappa shape index (κ3) is 5.50. The number of rotatable bonds is 9. The summed E-state index contributed by atoms with van der Waals surface area (Å²) in [6.07, 6.45) is -3.00. The second kappa shape index (κ2) is 9.67. The quantitative estimate of drug-likeness (QED) is 0.405. The number of fused-ring (bicyclic) bond motifs is 1. The highest BCUT2D eigenvalue weighted by atomic mass is 32.2. The smallest absolute Gasteiger partial charge is 0.427 e. The Kier molecular flexibility index (Phi) is 6.83. The van der Waals surface area contributed by atoms with E-state index < -0.39 is 51.7 Å². The number of hydrogen-bond donors (Lipinski definition) is 1. The van der Waals surface area contributed by atoms with E-state index in [1.165, 1.54) is 24.3 Å². The van der Waals surface area contributed by atoms with Crippen molar-refractivity contribution >= 4 is 27.6 Å². The van der Waals surface area contributed by atoms with Gasteiger partial charge in [-0.1, -0.05) is 18.2 Å². The maximum atomic E-state index is 14.0. The predicted octanol–water partition coefficient (Wildman–Crippen LogP) is 5.20. The normalized spacial score (nSPS) is 20.3. The molecule has 0 unspecified atom stereocenters. The van der Waals surface area contributed by atoms with Gasteiger partial charge in [0.2, 0.25) is 5.60 Å². The number of anilines is 1. The minimum absolute atomic E-state index is 0.0691. The number of halogens is 3. The number of carboxylic acid groups (broad SMARTS) is 1. The average molecular weight is 582 g/mol. The van der Waals surface area contributed by atoms with Crippen LogP contribution in [0.15, 0.2) is 47.4 Å². The van der Waals surface area contributed by atoms with Crippen LogP contribution < -0.4 is 9.04 Å². The Morgan fingerprint density at radius 3 is 2.42 bits per heavy atom. The number of benzene rings is 2. The van der Waals surface area contributed by atoms with Crippen molar-refractivity contribution in [2.45, 2.75) is 81.1 Å². The Morgan fingerprint density at radius 1 is 1.12 bits per heavy atom. The summed E-state index contributed by atoms with van der Waals surface area (Å²) in [7, 11) is -4.14. The van der Waals surface area contributed by atoms with Crippen molar-refractivity contribution in [1.29, 1.82) is 0 Å². The molecule has 1 atom stereocenters. The molecule has 0 spiro atoms. The molecule has 40 heavy (non-hydrogen) atoms. The fourth-order valence-electron chi connectivity index (χ4n) is 4.91. The molecular weight excluding hydrogens is 551 g/mol. The summed E-state index contributed by atoms with van der Waals surface area (Å²) in [5.74, 6) is -1.60. The van der Waals surface area contributed by atoms with E-state index in [1.54, 1.807) is 12.1 Å². The zero-order valence-corrected chi connectivity index (χ0v) is 22.8. The van der Waals surface area contributed by atoms with Crippen molar-refractivity contribution in [3.63, 3.8) is 0 Å². The standard InChI is InChI=1S/C28H30F3NO7S/c1-26(2,28(29,30)31)39-24(33)13-17-6-9-23-22(12-17)32(16-20(38-23)15-27(10-11-27)25(34)35)40(36,37)21-5-3-4-19(14-21)18-7-8-18/h3-6,9,12,14,18,20H,7-8,10-11,13,15-16H2,1-2H3,(H,34,35)/t20-/m1/s1. The van der Waals surface area contributed by atoms with E-state index in [0.29, 0.717) is 18.8 Å². The van der Waals surface area contributed by atoms with E-state index in [0.717, 1.165) is 36.6 Å². The SMILES string of the molecule is CC(C)(OC(=O)Cc1ccc2c(c1)N(S(=O)(=O)c1cccc(C3CC3)c1)C[C@@H](CC1(C(=O)O)CC1)O2)C(F)(F)F. The molecule has 2 saturated carbocycles. The molecule has 1 aliphatic heterocycles. The summed E-state index contributed by atoms with van der Waals surface area (Å²) < 4.78 is 79.4. The van der Waals surface area contributed by atoms with Crippen LogP contribution in [0.1, 0.15) is 63.0 Å². The van der Waals surface area contributed by atoms with E-state index in [4.69, 9.17) is 4.74 Å². The third-order valence-corrected chi connectivity index (χ3v) is 9.55. The highest BCUT2D eigenvalue weighted by molar-refractivity contribution is 7.92. The molecule has 0 aromatic heterocycles. The van der Waals surface area contributed by atoms with Crippen LogP contribution in [-0.4, -0.2) is 49.9 Å². The summed E-state index contributed by atoms with van der Waals surface area (Å²) in [4.78, 5) is 24.3. The fourth-order valence-corrected chi connectivity index (χ4v) is 6.47. The molecule has 216 valence electrons. The maximum Gasteiger partial charge on any atom is 0.427 e. The zero-order chi connectivity index (χ0) is 29.1. The molecular formula is C28H30F3NO7S. The average Bonchev–Trinajstić information content (AvgIpc) is 3.78. The first-order valence-corrected chi connectivity index (χ1v) is 14.5. The van der Waals surface area contributed by atoms with Gasteiger partial charge in [0.25, 0.3) is 10.0 Å². The van der Waals surface area contributed by atoms with Gasteiger partial charge >= 0.3 is 18.1 Å². The molecule has 8 nitrogen and oxygen atoms in total. The summed E-state index contributed by atoms with van der Waals surface area (Å²) in [5, 5.41) is 9.67. The molecule has 2 fully saturated rings.